The van der Waals surface area contributed by atoms with Gasteiger partial charge in [-0.3, -0.25) is 9.59 Å². The molecule has 0 aliphatic carbocycles. The van der Waals surface area contributed by atoms with Crippen LogP contribution < -0.4 is 10.1 Å². The molecule has 0 saturated carbocycles. The van der Waals surface area contributed by atoms with E-state index >= 15 is 0 Å². The summed E-state index contributed by atoms with van der Waals surface area (Å²) in [5, 5.41) is 9.18. The average Bonchev–Trinajstić information content (AvgIpc) is 3.50. The standard InChI is InChI=1S/C28H25FN4O3S/c1-17-3-5-19(6-4-17)24-15-23(18-7-13-22(36-2)14-8-18)32-33(24)28-31-27(35)25(37-28)16-26(34)30-21-11-9-20(29)10-12-21/h3-14,24-25H,15-16H2,1-2H3,(H,30,34)/t24-,25-/m0/s1. The molecule has 7 nitrogen and oxygen atoms in total. The van der Waals surface area contributed by atoms with Gasteiger partial charge >= 0.3 is 0 Å². The number of benzene rings is 3. The number of halogens is 1. The Morgan fingerprint density at radius 1 is 1.08 bits per heavy atom. The zero-order valence-corrected chi connectivity index (χ0v) is 21.2. The molecule has 0 radical (unpaired) electrons. The Labute approximate surface area is 218 Å². The third kappa shape index (κ3) is 5.56. The molecule has 9 heteroatoms. The highest BCUT2D eigenvalue weighted by Gasteiger charge is 2.39. The first-order valence-corrected chi connectivity index (χ1v) is 12.7. The van der Waals surface area contributed by atoms with Crippen LogP contribution in [0.3, 0.4) is 0 Å². The minimum Gasteiger partial charge on any atom is -0.497 e. The number of hydrogen-bond donors (Lipinski definition) is 1. The monoisotopic (exact) mass is 516 g/mol. The maximum absolute atomic E-state index is 13.1. The van der Waals surface area contributed by atoms with Crippen molar-refractivity contribution >= 4 is 40.1 Å². The van der Waals surface area contributed by atoms with Crippen LogP contribution in [0.2, 0.25) is 0 Å². The Balaban J connectivity index is 1.35. The second-order valence-electron chi connectivity index (χ2n) is 8.85. The van der Waals surface area contributed by atoms with Crippen molar-refractivity contribution in [1.29, 1.82) is 0 Å². The summed E-state index contributed by atoms with van der Waals surface area (Å²) < 4.78 is 18.4. The summed E-state index contributed by atoms with van der Waals surface area (Å²) in [6, 6.07) is 21.3. The highest BCUT2D eigenvalue weighted by molar-refractivity contribution is 8.15. The predicted molar refractivity (Wildman–Crippen MR) is 143 cm³/mol. The average molecular weight is 517 g/mol. The highest BCUT2D eigenvalue weighted by Crippen LogP contribution is 2.38. The molecule has 188 valence electrons. The number of thioether (sulfide) groups is 1. The molecule has 5 rings (SSSR count). The van der Waals surface area contributed by atoms with Gasteiger partial charge in [0.1, 0.15) is 16.8 Å². The van der Waals surface area contributed by atoms with E-state index in [-0.39, 0.29) is 30.1 Å². The Hall–Kier alpha value is -3.98. The third-order valence-electron chi connectivity index (χ3n) is 6.22. The van der Waals surface area contributed by atoms with Gasteiger partial charge in [-0.25, -0.2) is 9.40 Å². The van der Waals surface area contributed by atoms with E-state index < -0.39 is 5.25 Å². The van der Waals surface area contributed by atoms with Gasteiger partial charge in [0.2, 0.25) is 5.91 Å². The normalized spacial score (nSPS) is 19.0. The highest BCUT2D eigenvalue weighted by atomic mass is 32.2. The first-order chi connectivity index (χ1) is 17.9. The third-order valence-corrected chi connectivity index (χ3v) is 7.36. The molecule has 1 N–H and O–H groups in total. The van der Waals surface area contributed by atoms with Crippen LogP contribution in [0.25, 0.3) is 0 Å². The molecule has 0 saturated heterocycles. The summed E-state index contributed by atoms with van der Waals surface area (Å²) >= 11 is 1.24. The van der Waals surface area contributed by atoms with Gasteiger partial charge in [-0.15, -0.1) is 0 Å². The van der Waals surface area contributed by atoms with Crippen molar-refractivity contribution in [2.24, 2.45) is 10.1 Å². The number of hydrazone groups is 1. The van der Waals surface area contributed by atoms with Crippen molar-refractivity contribution in [2.75, 3.05) is 12.4 Å². The van der Waals surface area contributed by atoms with E-state index in [2.05, 4.69) is 34.6 Å². The number of methoxy groups -OCH3 is 1. The number of amides is 2. The van der Waals surface area contributed by atoms with Gasteiger partial charge in [-0.05, 0) is 66.6 Å². The molecule has 0 aromatic heterocycles. The fourth-order valence-electron chi connectivity index (χ4n) is 4.21. The van der Waals surface area contributed by atoms with Gasteiger partial charge in [0.25, 0.3) is 5.91 Å². The van der Waals surface area contributed by atoms with Crippen LogP contribution in [0, 0.1) is 12.7 Å². The lowest BCUT2D eigenvalue weighted by Gasteiger charge is -2.23. The molecular formula is C28H25FN4O3S. The van der Waals surface area contributed by atoms with Gasteiger partial charge in [-0.1, -0.05) is 41.6 Å². The lowest BCUT2D eigenvalue weighted by atomic mass is 9.98. The van der Waals surface area contributed by atoms with Crippen molar-refractivity contribution in [3.8, 4) is 5.75 Å². The smallest absolute Gasteiger partial charge is 0.262 e. The Morgan fingerprint density at radius 2 is 1.78 bits per heavy atom. The molecule has 0 spiro atoms. The second-order valence-corrected chi connectivity index (χ2v) is 10.0. The van der Waals surface area contributed by atoms with Gasteiger partial charge in [0.05, 0.1) is 18.9 Å². The number of aryl methyl sites for hydroxylation is 1. The van der Waals surface area contributed by atoms with E-state index in [0.717, 1.165) is 28.2 Å². The molecule has 3 aromatic rings. The molecular weight excluding hydrogens is 491 g/mol. The topological polar surface area (TPSA) is 83.4 Å². The molecule has 37 heavy (non-hydrogen) atoms. The molecule has 0 bridgehead atoms. The van der Waals surface area contributed by atoms with Crippen LogP contribution >= 0.6 is 11.8 Å². The number of rotatable bonds is 6. The van der Waals surface area contributed by atoms with Gasteiger partial charge < -0.3 is 10.1 Å². The number of amidine groups is 1. The molecule has 2 aliphatic heterocycles. The van der Waals surface area contributed by atoms with E-state index in [9.17, 15) is 14.0 Å². The molecule has 0 fully saturated rings. The van der Waals surface area contributed by atoms with E-state index in [0.29, 0.717) is 17.3 Å². The van der Waals surface area contributed by atoms with Crippen LogP contribution in [0.1, 0.15) is 35.6 Å². The van der Waals surface area contributed by atoms with Crippen LogP contribution in [0.4, 0.5) is 10.1 Å². The minimum atomic E-state index is -0.658. The van der Waals surface area contributed by atoms with Gasteiger partial charge in [-0.2, -0.15) is 10.1 Å². The summed E-state index contributed by atoms with van der Waals surface area (Å²) in [5.74, 6) is -0.337. The zero-order valence-electron chi connectivity index (χ0n) is 20.3. The summed E-state index contributed by atoms with van der Waals surface area (Å²) in [5.41, 5.74) is 4.52. The predicted octanol–water partition coefficient (Wildman–Crippen LogP) is 5.32. The molecule has 3 aromatic carbocycles. The number of carbonyl (C=O) groups excluding carboxylic acids is 2. The number of anilines is 1. The summed E-state index contributed by atoms with van der Waals surface area (Å²) in [6.45, 7) is 2.03. The molecule has 0 unspecified atom stereocenters. The second kappa shape index (κ2) is 10.6. The van der Waals surface area contributed by atoms with Crippen molar-refractivity contribution in [3.63, 3.8) is 0 Å². The number of nitrogens with one attached hydrogen (secondary N) is 1. The van der Waals surface area contributed by atoms with E-state index in [4.69, 9.17) is 9.84 Å². The van der Waals surface area contributed by atoms with E-state index in [1.54, 1.807) is 12.1 Å². The number of hydrogen-bond acceptors (Lipinski definition) is 6. The lowest BCUT2D eigenvalue weighted by Crippen LogP contribution is -2.25. The molecule has 2 aliphatic rings. The lowest BCUT2D eigenvalue weighted by molar-refractivity contribution is -0.121. The maximum Gasteiger partial charge on any atom is 0.262 e. The quantitative estimate of drug-likeness (QED) is 0.480. The zero-order chi connectivity index (χ0) is 25.9. The van der Waals surface area contributed by atoms with Gasteiger partial charge in [0, 0.05) is 18.5 Å². The van der Waals surface area contributed by atoms with Gasteiger partial charge in [0.15, 0.2) is 5.17 Å². The van der Waals surface area contributed by atoms with Crippen molar-refractivity contribution < 1.29 is 18.7 Å². The maximum atomic E-state index is 13.1. The fourth-order valence-corrected chi connectivity index (χ4v) is 5.27. The first-order valence-electron chi connectivity index (χ1n) is 11.8. The van der Waals surface area contributed by atoms with Crippen molar-refractivity contribution in [2.45, 2.75) is 31.1 Å². The Morgan fingerprint density at radius 3 is 2.46 bits per heavy atom. The molecule has 2 heterocycles. The number of carbonyl (C=O) groups is 2. The molecule has 2 amide bonds. The van der Waals surface area contributed by atoms with E-state index in [1.165, 1.54) is 36.0 Å². The van der Waals surface area contributed by atoms with Crippen LogP contribution in [0.5, 0.6) is 5.75 Å². The van der Waals surface area contributed by atoms with Crippen LogP contribution in [0.15, 0.2) is 82.9 Å². The summed E-state index contributed by atoms with van der Waals surface area (Å²) in [4.78, 5) is 29.6. The van der Waals surface area contributed by atoms with Crippen molar-refractivity contribution in [1.82, 2.24) is 5.01 Å². The minimum absolute atomic E-state index is 0.0496. The number of nitrogens with zero attached hydrogens (tertiary/aromatic N) is 3. The van der Waals surface area contributed by atoms with Crippen LogP contribution in [-0.4, -0.2) is 40.1 Å². The SMILES string of the molecule is COc1ccc(C2=NN(C3=NC(=O)[C@H](CC(=O)Nc4ccc(F)cc4)S3)[C@H](c3ccc(C)cc3)C2)cc1. The first kappa shape index (κ1) is 24.7. The van der Waals surface area contributed by atoms with E-state index in [1.807, 2.05) is 31.2 Å². The Kier molecular flexibility index (Phi) is 7.05. The van der Waals surface area contributed by atoms with Crippen LogP contribution in [-0.2, 0) is 9.59 Å². The number of ether oxygens (including phenoxy) is 1. The summed E-state index contributed by atoms with van der Waals surface area (Å²) in [7, 11) is 1.63. The van der Waals surface area contributed by atoms with Crippen molar-refractivity contribution in [3.05, 3.63) is 95.3 Å². The Bertz CT molecular complexity index is 1370. The molecule has 2 atom stereocenters. The largest absolute Gasteiger partial charge is 0.497 e. The number of aliphatic imine (C=N–C) groups is 1. The fraction of sp³-hybridized carbons (Fsp3) is 0.214. The summed E-state index contributed by atoms with van der Waals surface area (Å²) in [6.07, 6.45) is 0.588.